The molecule has 0 aliphatic rings. The molecule has 0 aliphatic heterocycles. The molecule has 4 heteroatoms. The molecule has 0 fully saturated rings. The van der Waals surface area contributed by atoms with Gasteiger partial charge in [0, 0.05) is 11.1 Å². The van der Waals surface area contributed by atoms with Crippen molar-refractivity contribution in [3.05, 3.63) is 36.3 Å². The first-order chi connectivity index (χ1) is 5.63. The van der Waals surface area contributed by atoms with Crippen molar-refractivity contribution in [2.24, 2.45) is 5.73 Å². The molecule has 1 heterocycles. The van der Waals surface area contributed by atoms with Crippen molar-refractivity contribution in [3.63, 3.8) is 0 Å². The summed E-state index contributed by atoms with van der Waals surface area (Å²) in [6, 6.07) is 1.54. The molecular weight excluding hydrogens is 158 g/mol. The number of amides is 1. The second kappa shape index (κ2) is 3.23. The van der Waals surface area contributed by atoms with E-state index >= 15 is 0 Å². The number of hydrogen-bond donors (Lipinski definition) is 2. The number of furan rings is 1. The second-order valence-corrected chi connectivity index (χ2v) is 2.35. The maximum absolute atomic E-state index is 10.6. The first-order valence-corrected chi connectivity index (χ1v) is 3.31. The Labute approximate surface area is 69.3 Å². The van der Waals surface area contributed by atoms with Crippen LogP contribution in [0.1, 0.15) is 11.7 Å². The molecule has 64 valence electrons. The van der Waals surface area contributed by atoms with Gasteiger partial charge in [-0.1, -0.05) is 6.58 Å². The van der Waals surface area contributed by atoms with Crippen molar-refractivity contribution in [2.45, 2.75) is 6.10 Å². The number of carbonyl (C=O) groups is 1. The third-order valence-electron chi connectivity index (χ3n) is 1.51. The molecule has 0 aliphatic carbocycles. The summed E-state index contributed by atoms with van der Waals surface area (Å²) in [5, 5.41) is 9.39. The van der Waals surface area contributed by atoms with Gasteiger partial charge in [-0.25, -0.2) is 0 Å². The zero-order valence-corrected chi connectivity index (χ0v) is 6.36. The molecule has 1 unspecified atom stereocenters. The monoisotopic (exact) mass is 167 g/mol. The van der Waals surface area contributed by atoms with E-state index in [1.54, 1.807) is 6.07 Å². The molecule has 0 radical (unpaired) electrons. The summed E-state index contributed by atoms with van der Waals surface area (Å²) >= 11 is 0. The minimum Gasteiger partial charge on any atom is -0.472 e. The van der Waals surface area contributed by atoms with E-state index in [-0.39, 0.29) is 5.57 Å². The highest BCUT2D eigenvalue weighted by atomic mass is 16.3. The van der Waals surface area contributed by atoms with Gasteiger partial charge in [0.2, 0.25) is 5.91 Å². The lowest BCUT2D eigenvalue weighted by atomic mass is 10.1. The van der Waals surface area contributed by atoms with Gasteiger partial charge in [0.1, 0.15) is 6.10 Å². The largest absolute Gasteiger partial charge is 0.472 e. The summed E-state index contributed by atoms with van der Waals surface area (Å²) in [4.78, 5) is 10.6. The normalized spacial score (nSPS) is 12.4. The number of carbonyl (C=O) groups excluding carboxylic acids is 1. The van der Waals surface area contributed by atoms with Crippen molar-refractivity contribution in [1.29, 1.82) is 0 Å². The molecule has 1 aromatic heterocycles. The van der Waals surface area contributed by atoms with Crippen LogP contribution in [0.4, 0.5) is 0 Å². The van der Waals surface area contributed by atoms with E-state index in [0.29, 0.717) is 5.56 Å². The van der Waals surface area contributed by atoms with Crippen LogP contribution in [0.25, 0.3) is 0 Å². The topological polar surface area (TPSA) is 76.5 Å². The average Bonchev–Trinajstić information content (AvgIpc) is 2.53. The van der Waals surface area contributed by atoms with Crippen LogP contribution in [0.5, 0.6) is 0 Å². The van der Waals surface area contributed by atoms with Gasteiger partial charge in [-0.15, -0.1) is 0 Å². The molecule has 1 aromatic rings. The fraction of sp³-hybridized carbons (Fsp3) is 0.125. The molecule has 0 saturated carbocycles. The summed E-state index contributed by atoms with van der Waals surface area (Å²) in [6.07, 6.45) is 1.66. The molecule has 0 bridgehead atoms. The van der Waals surface area contributed by atoms with E-state index in [4.69, 9.17) is 10.2 Å². The molecule has 0 spiro atoms. The zero-order valence-electron chi connectivity index (χ0n) is 6.36. The van der Waals surface area contributed by atoms with Crippen molar-refractivity contribution >= 4 is 5.91 Å². The second-order valence-electron chi connectivity index (χ2n) is 2.35. The lowest BCUT2D eigenvalue weighted by Gasteiger charge is -2.07. The minimum absolute atomic E-state index is 0.0450. The number of rotatable bonds is 3. The van der Waals surface area contributed by atoms with E-state index in [1.165, 1.54) is 12.5 Å². The third-order valence-corrected chi connectivity index (χ3v) is 1.51. The predicted octanol–water partition coefficient (Wildman–Crippen LogP) is 0.355. The first-order valence-electron chi connectivity index (χ1n) is 3.31. The van der Waals surface area contributed by atoms with Gasteiger partial charge >= 0.3 is 0 Å². The zero-order chi connectivity index (χ0) is 9.14. The summed E-state index contributed by atoms with van der Waals surface area (Å²) < 4.78 is 4.71. The van der Waals surface area contributed by atoms with Crippen molar-refractivity contribution in [3.8, 4) is 0 Å². The van der Waals surface area contributed by atoms with Crippen LogP contribution < -0.4 is 5.73 Å². The summed E-state index contributed by atoms with van der Waals surface area (Å²) in [7, 11) is 0. The van der Waals surface area contributed by atoms with E-state index in [1.807, 2.05) is 0 Å². The van der Waals surface area contributed by atoms with Gasteiger partial charge in [0.05, 0.1) is 12.5 Å². The SMILES string of the molecule is C=C(C(N)=O)C(O)c1ccoc1. The molecule has 12 heavy (non-hydrogen) atoms. The van der Waals surface area contributed by atoms with Crippen LogP contribution in [-0.4, -0.2) is 11.0 Å². The number of nitrogens with two attached hydrogens (primary N) is 1. The number of primary amides is 1. The number of hydrogen-bond acceptors (Lipinski definition) is 3. The molecule has 1 atom stereocenters. The van der Waals surface area contributed by atoms with Gasteiger partial charge in [-0.2, -0.15) is 0 Å². The van der Waals surface area contributed by atoms with Crippen LogP contribution >= 0.6 is 0 Å². The highest BCUT2D eigenvalue weighted by Crippen LogP contribution is 2.19. The molecule has 4 nitrogen and oxygen atoms in total. The summed E-state index contributed by atoms with van der Waals surface area (Å²) in [6.45, 7) is 3.34. The molecule has 0 saturated heterocycles. The Balaban J connectivity index is 2.79. The molecule has 0 aromatic carbocycles. The molecule has 3 N–H and O–H groups in total. The highest BCUT2D eigenvalue weighted by molar-refractivity contribution is 5.92. The fourth-order valence-corrected chi connectivity index (χ4v) is 0.767. The van der Waals surface area contributed by atoms with Crippen LogP contribution in [0.15, 0.2) is 35.2 Å². The lowest BCUT2D eigenvalue weighted by molar-refractivity contribution is -0.115. The lowest BCUT2D eigenvalue weighted by Crippen LogP contribution is -2.18. The Morgan fingerprint density at radius 3 is 2.83 bits per heavy atom. The quantitative estimate of drug-likeness (QED) is 0.638. The molecule has 1 amide bonds. The Hall–Kier alpha value is -1.55. The fourth-order valence-electron chi connectivity index (χ4n) is 0.767. The van der Waals surface area contributed by atoms with E-state index < -0.39 is 12.0 Å². The van der Waals surface area contributed by atoms with E-state index in [9.17, 15) is 9.90 Å². The van der Waals surface area contributed by atoms with Gasteiger partial charge < -0.3 is 15.3 Å². The minimum atomic E-state index is -1.07. The van der Waals surface area contributed by atoms with E-state index in [0.717, 1.165) is 0 Å². The van der Waals surface area contributed by atoms with Crippen LogP contribution in [0.2, 0.25) is 0 Å². The Bertz CT molecular complexity index is 289. The first kappa shape index (κ1) is 8.55. The molecule has 1 rings (SSSR count). The van der Waals surface area contributed by atoms with Gasteiger partial charge in [0.25, 0.3) is 0 Å². The predicted molar refractivity (Wildman–Crippen MR) is 42.0 cm³/mol. The maximum Gasteiger partial charge on any atom is 0.247 e. The highest BCUT2D eigenvalue weighted by Gasteiger charge is 2.16. The Morgan fingerprint density at radius 2 is 2.42 bits per heavy atom. The van der Waals surface area contributed by atoms with Crippen molar-refractivity contribution < 1.29 is 14.3 Å². The van der Waals surface area contributed by atoms with Gasteiger partial charge in [0.15, 0.2) is 0 Å². The third kappa shape index (κ3) is 1.54. The smallest absolute Gasteiger partial charge is 0.247 e. The van der Waals surface area contributed by atoms with Crippen LogP contribution in [0.3, 0.4) is 0 Å². The molecular formula is C8H9NO3. The Kier molecular flexibility index (Phi) is 2.30. The van der Waals surface area contributed by atoms with Gasteiger partial charge in [-0.05, 0) is 6.07 Å². The summed E-state index contributed by atoms with van der Waals surface area (Å²) in [5.74, 6) is -0.719. The Morgan fingerprint density at radius 1 is 1.75 bits per heavy atom. The number of aliphatic hydroxyl groups excluding tert-OH is 1. The van der Waals surface area contributed by atoms with Crippen LogP contribution in [-0.2, 0) is 4.79 Å². The average molecular weight is 167 g/mol. The number of aliphatic hydroxyl groups is 1. The summed E-state index contributed by atoms with van der Waals surface area (Å²) in [5.41, 5.74) is 5.34. The van der Waals surface area contributed by atoms with Crippen molar-refractivity contribution in [2.75, 3.05) is 0 Å². The van der Waals surface area contributed by atoms with Crippen molar-refractivity contribution in [1.82, 2.24) is 0 Å². The van der Waals surface area contributed by atoms with Gasteiger partial charge in [-0.3, -0.25) is 4.79 Å². The maximum atomic E-state index is 10.6. The van der Waals surface area contributed by atoms with Crippen LogP contribution in [0, 0.1) is 0 Å². The standard InChI is InChI=1S/C8H9NO3/c1-5(8(9)11)7(10)6-2-3-12-4-6/h2-4,7,10H,1H2,(H2,9,11). The van der Waals surface area contributed by atoms with E-state index in [2.05, 4.69) is 6.58 Å².